The van der Waals surface area contributed by atoms with Crippen LogP contribution in [0.2, 0.25) is 0 Å². The molecule has 0 aromatic carbocycles. The molecule has 1 heterocycles. The number of hydrogen-bond acceptors (Lipinski definition) is 3. The van der Waals surface area contributed by atoms with Gasteiger partial charge in [-0.05, 0) is 12.2 Å². The van der Waals surface area contributed by atoms with Gasteiger partial charge in [-0.1, -0.05) is 0 Å². The Hall–Kier alpha value is -2.23. The fourth-order valence-electron chi connectivity index (χ4n) is 2.58. The van der Waals surface area contributed by atoms with E-state index in [2.05, 4.69) is 12.2 Å². The molecule has 0 aliphatic carbocycles. The van der Waals surface area contributed by atoms with Crippen molar-refractivity contribution < 1.29 is 88.6 Å². The van der Waals surface area contributed by atoms with Gasteiger partial charge in [-0.3, -0.25) is 19.4 Å². The molecule has 2 amide bonds. The molecule has 222 valence electrons. The Bertz CT molecular complexity index is 882. The summed E-state index contributed by atoms with van der Waals surface area (Å²) >= 11 is 4.23. The third-order valence-electron chi connectivity index (χ3n) is 4.85. The molecule has 4 nitrogen and oxygen atoms in total. The van der Waals surface area contributed by atoms with Crippen LogP contribution in [0.5, 0.6) is 0 Å². The predicted molar refractivity (Wildman–Crippen MR) is 87.1 cm³/mol. The number of hydrogen-bond donors (Lipinski definition) is 0. The van der Waals surface area contributed by atoms with Crippen LogP contribution in [0.15, 0.2) is 0 Å². The van der Waals surface area contributed by atoms with Crippen LogP contribution in [0.3, 0.4) is 0 Å². The maximum Gasteiger partial charge on any atom is 0.460 e. The van der Waals surface area contributed by atoms with E-state index >= 15 is 0 Å². The van der Waals surface area contributed by atoms with Gasteiger partial charge in [0, 0.05) is 25.9 Å². The highest BCUT2D eigenvalue weighted by Gasteiger charge is 2.82. The van der Waals surface area contributed by atoms with Gasteiger partial charge in [0.25, 0.3) is 0 Å². The molecule has 23 heteroatoms. The van der Waals surface area contributed by atoms with Crippen LogP contribution in [0.25, 0.3) is 0 Å². The van der Waals surface area contributed by atoms with E-state index in [0.717, 1.165) is 0 Å². The quantitative estimate of drug-likeness (QED) is 0.180. The summed E-state index contributed by atoms with van der Waals surface area (Å²) in [5.41, 5.74) is 0. The number of alkyl halides is 18. The van der Waals surface area contributed by atoms with E-state index in [0.29, 0.717) is 0 Å². The smallest absolute Gasteiger partial charge is 0.280 e. The highest BCUT2D eigenvalue weighted by molar-refractivity contribution is 7.80. The van der Waals surface area contributed by atoms with Gasteiger partial charge in [-0.2, -0.15) is 79.0 Å². The number of rotatable bonds is 10. The lowest BCUT2D eigenvalue weighted by atomic mass is 10.0. The van der Waals surface area contributed by atoms with Crippen LogP contribution in [0.4, 0.5) is 79.0 Å². The first-order valence-electron chi connectivity index (χ1n) is 9.00. The number of thiocarbonyl (C=S) groups is 1. The molecule has 0 atom stereocenters. The summed E-state index contributed by atoms with van der Waals surface area (Å²) in [5.74, 6) is -46.0. The summed E-state index contributed by atoms with van der Waals surface area (Å²) in [7, 11) is 0. The van der Waals surface area contributed by atoms with Crippen molar-refractivity contribution >= 4 is 29.1 Å². The van der Waals surface area contributed by atoms with Crippen molar-refractivity contribution in [2.75, 3.05) is 13.1 Å². The Morgan fingerprint density at radius 2 is 0.711 bits per heavy atom. The number of carbonyl (C=O) groups is 2. The second kappa shape index (κ2) is 9.45. The van der Waals surface area contributed by atoms with Crippen molar-refractivity contribution in [3.63, 3.8) is 0 Å². The van der Waals surface area contributed by atoms with Crippen LogP contribution >= 0.6 is 12.2 Å². The highest BCUT2D eigenvalue weighted by Crippen LogP contribution is 2.55. The average Bonchev–Trinajstić information content (AvgIpc) is 2.90. The van der Waals surface area contributed by atoms with Crippen molar-refractivity contribution in [3.8, 4) is 0 Å². The molecule has 38 heavy (non-hydrogen) atoms. The van der Waals surface area contributed by atoms with Crippen LogP contribution in [0.1, 0.15) is 12.8 Å². The van der Waals surface area contributed by atoms with Gasteiger partial charge in [0.2, 0.25) is 0 Å². The predicted octanol–water partition coefficient (Wildman–Crippen LogP) is 5.66. The zero-order valence-corrected chi connectivity index (χ0v) is 18.1. The minimum Gasteiger partial charge on any atom is -0.280 e. The van der Waals surface area contributed by atoms with Gasteiger partial charge in [-0.25, -0.2) is 0 Å². The lowest BCUT2D eigenvalue weighted by molar-refractivity contribution is -0.396. The molecule has 0 spiro atoms. The normalized spacial score (nSPS) is 17.7. The number of amides is 2. The summed E-state index contributed by atoms with van der Waals surface area (Å²) in [5, 5.41) is -1.61. The largest absolute Gasteiger partial charge is 0.460 e. The molecule has 1 fully saturated rings. The van der Waals surface area contributed by atoms with E-state index in [4.69, 9.17) is 0 Å². The lowest BCUT2D eigenvalue weighted by Gasteiger charge is -2.34. The van der Waals surface area contributed by atoms with Crippen LogP contribution in [-0.4, -0.2) is 87.7 Å². The van der Waals surface area contributed by atoms with E-state index < -0.39 is 101 Å². The first-order chi connectivity index (χ1) is 16.4. The van der Waals surface area contributed by atoms with Gasteiger partial charge in [0.15, 0.2) is 5.11 Å². The Balaban J connectivity index is 3.10. The Kier molecular flexibility index (Phi) is 8.41. The Labute approximate surface area is 202 Å². The maximum atomic E-state index is 13.6. The second-order valence-corrected chi connectivity index (χ2v) is 7.76. The van der Waals surface area contributed by atoms with Crippen molar-refractivity contribution in [1.82, 2.24) is 9.80 Å². The fourth-order valence-corrected chi connectivity index (χ4v) is 2.93. The standard InChI is InChI=1S/C15H8F18N2O2S/c16-8(17,10(20,21)12(24,25)14(28,29)30)1-3-34-5(36)6(37)35(7(34)38)4-2-9(18,19)11(22,23)13(26,27)15(31,32)33/h1-4H2. The molecule has 0 aromatic heterocycles. The molecule has 0 N–H and O–H groups in total. The summed E-state index contributed by atoms with van der Waals surface area (Å²) in [6.45, 7) is -4.15. The van der Waals surface area contributed by atoms with Gasteiger partial charge >= 0.3 is 59.7 Å². The minimum atomic E-state index is -7.34. The molecule has 0 saturated carbocycles. The molecule has 0 bridgehead atoms. The van der Waals surface area contributed by atoms with Gasteiger partial charge < -0.3 is 0 Å². The first-order valence-corrected chi connectivity index (χ1v) is 9.41. The van der Waals surface area contributed by atoms with Crippen molar-refractivity contribution in [2.24, 2.45) is 0 Å². The third kappa shape index (κ3) is 5.17. The zero-order valence-electron chi connectivity index (χ0n) is 17.3. The summed E-state index contributed by atoms with van der Waals surface area (Å²) in [4.78, 5) is 22.4. The van der Waals surface area contributed by atoms with Gasteiger partial charge in [0.1, 0.15) is 0 Å². The molecule has 1 saturated heterocycles. The fraction of sp³-hybridized carbons (Fsp3) is 0.800. The molecule has 0 aromatic rings. The SMILES string of the molecule is O=C1C(=O)N(CCC(F)(F)C(F)(F)C(F)(F)C(F)(F)F)C(=S)N1CCC(F)(F)C(F)(F)C(F)(F)C(F)(F)F. The van der Waals surface area contributed by atoms with Crippen molar-refractivity contribution in [2.45, 2.75) is 60.7 Å². The first kappa shape index (κ1) is 33.8. The van der Waals surface area contributed by atoms with E-state index in [1.165, 1.54) is 0 Å². The average molecular weight is 622 g/mol. The third-order valence-corrected chi connectivity index (χ3v) is 5.29. The molecule has 1 aliphatic rings. The number of nitrogens with zero attached hydrogens (tertiary/aromatic N) is 2. The van der Waals surface area contributed by atoms with Crippen molar-refractivity contribution in [1.29, 1.82) is 0 Å². The van der Waals surface area contributed by atoms with Gasteiger partial charge in [0.05, 0.1) is 0 Å². The molecule has 0 unspecified atom stereocenters. The number of carbonyl (C=O) groups excluding carboxylic acids is 2. The topological polar surface area (TPSA) is 40.6 Å². The zero-order chi connectivity index (χ0) is 30.7. The van der Waals surface area contributed by atoms with Gasteiger partial charge in [-0.15, -0.1) is 0 Å². The Morgan fingerprint density at radius 1 is 0.474 bits per heavy atom. The minimum absolute atomic E-state index is 0.548. The van der Waals surface area contributed by atoms with E-state index in [1.807, 2.05) is 0 Å². The number of halogens is 18. The van der Waals surface area contributed by atoms with E-state index in [-0.39, 0.29) is 0 Å². The Morgan fingerprint density at radius 3 is 0.921 bits per heavy atom. The van der Waals surface area contributed by atoms with Crippen LogP contribution in [0, 0.1) is 0 Å². The van der Waals surface area contributed by atoms with Crippen LogP contribution < -0.4 is 0 Å². The summed E-state index contributed by atoms with van der Waals surface area (Å²) < 4.78 is 232. The summed E-state index contributed by atoms with van der Waals surface area (Å²) in [6.07, 6.45) is -20.0. The molecule has 1 rings (SSSR count). The second-order valence-electron chi connectivity index (χ2n) is 7.40. The highest BCUT2D eigenvalue weighted by atomic mass is 32.1. The molecular formula is C15H8F18N2O2S. The lowest BCUT2D eigenvalue weighted by Crippen LogP contribution is -2.61. The summed E-state index contributed by atoms with van der Waals surface area (Å²) in [6, 6.07) is 0. The molecular weight excluding hydrogens is 614 g/mol. The van der Waals surface area contributed by atoms with E-state index in [9.17, 15) is 88.6 Å². The van der Waals surface area contributed by atoms with Crippen molar-refractivity contribution in [3.05, 3.63) is 0 Å². The monoisotopic (exact) mass is 622 g/mol. The van der Waals surface area contributed by atoms with Crippen LogP contribution in [-0.2, 0) is 9.59 Å². The maximum absolute atomic E-state index is 13.6. The molecule has 1 aliphatic heterocycles. The molecule has 0 radical (unpaired) electrons. The van der Waals surface area contributed by atoms with E-state index in [1.54, 1.807) is 0 Å².